The van der Waals surface area contributed by atoms with Crippen LogP contribution in [0.5, 0.6) is 0 Å². The molecule has 2 aromatic rings. The van der Waals surface area contributed by atoms with Gasteiger partial charge in [0.15, 0.2) is 0 Å². The zero-order chi connectivity index (χ0) is 16.1. The van der Waals surface area contributed by atoms with E-state index in [1.165, 1.54) is 16.7 Å². The Morgan fingerprint density at radius 2 is 1.77 bits per heavy atom. The summed E-state index contributed by atoms with van der Waals surface area (Å²) >= 11 is 0. The monoisotopic (exact) mass is 297 g/mol. The summed E-state index contributed by atoms with van der Waals surface area (Å²) in [5, 5.41) is 0. The van der Waals surface area contributed by atoms with Crippen LogP contribution in [0.1, 0.15) is 36.1 Å². The lowest BCUT2D eigenvalue weighted by Crippen LogP contribution is -2.17. The highest BCUT2D eigenvalue weighted by Gasteiger charge is 2.13. The van der Waals surface area contributed by atoms with E-state index in [9.17, 15) is 4.79 Å². The average Bonchev–Trinajstić information content (AvgIpc) is 2.46. The molecular formula is C19H23NO2. The first-order valence-corrected chi connectivity index (χ1v) is 7.59. The van der Waals surface area contributed by atoms with Crippen molar-refractivity contribution in [2.45, 2.75) is 33.2 Å². The van der Waals surface area contributed by atoms with Crippen LogP contribution in [0.4, 0.5) is 0 Å². The van der Waals surface area contributed by atoms with Crippen molar-refractivity contribution >= 4 is 5.97 Å². The number of nitrogens with two attached hydrogens (primary N) is 1. The van der Waals surface area contributed by atoms with Gasteiger partial charge in [-0.05, 0) is 43.5 Å². The van der Waals surface area contributed by atoms with Crippen LogP contribution >= 0.6 is 0 Å². The molecule has 22 heavy (non-hydrogen) atoms. The van der Waals surface area contributed by atoms with Crippen molar-refractivity contribution in [1.29, 1.82) is 0 Å². The first kappa shape index (κ1) is 16.2. The summed E-state index contributed by atoms with van der Waals surface area (Å²) in [6.45, 7) is 6.36. The van der Waals surface area contributed by atoms with E-state index in [0.717, 1.165) is 11.1 Å². The molecule has 0 heterocycles. The zero-order valence-corrected chi connectivity index (χ0v) is 13.4. The smallest absolute Gasteiger partial charge is 0.307 e. The maximum atomic E-state index is 11.6. The van der Waals surface area contributed by atoms with Crippen molar-refractivity contribution in [2.75, 3.05) is 6.61 Å². The van der Waals surface area contributed by atoms with Gasteiger partial charge in [0, 0.05) is 6.04 Å². The van der Waals surface area contributed by atoms with Crippen LogP contribution in [0.3, 0.4) is 0 Å². The number of carbonyl (C=O) groups excluding carboxylic acids is 1. The molecule has 0 aliphatic rings. The number of carbonyl (C=O) groups is 1. The second-order valence-corrected chi connectivity index (χ2v) is 5.62. The number of hydrogen-bond acceptors (Lipinski definition) is 3. The molecule has 116 valence electrons. The van der Waals surface area contributed by atoms with Gasteiger partial charge in [0.1, 0.15) is 0 Å². The van der Waals surface area contributed by atoms with Crippen molar-refractivity contribution in [1.82, 2.24) is 0 Å². The number of benzene rings is 2. The summed E-state index contributed by atoms with van der Waals surface area (Å²) < 4.78 is 4.96. The molecule has 2 N–H and O–H groups in total. The van der Waals surface area contributed by atoms with E-state index >= 15 is 0 Å². The SMILES string of the molecule is CCOC(=O)C[C@H](N)c1cccc(-c2cc(C)cc(C)c2)c1. The molecule has 0 amide bonds. The molecule has 0 fully saturated rings. The number of hydrogen-bond donors (Lipinski definition) is 1. The average molecular weight is 297 g/mol. The van der Waals surface area contributed by atoms with Crippen LogP contribution in [0.25, 0.3) is 11.1 Å². The van der Waals surface area contributed by atoms with Gasteiger partial charge in [-0.3, -0.25) is 4.79 Å². The standard InChI is InChI=1S/C19H23NO2/c1-4-22-19(21)12-18(20)16-7-5-6-15(11-16)17-9-13(2)8-14(3)10-17/h5-11,18H,4,12,20H2,1-3H3/t18-/m0/s1. The normalized spacial score (nSPS) is 12.0. The Balaban J connectivity index is 2.24. The molecule has 2 aromatic carbocycles. The molecule has 0 radical (unpaired) electrons. The van der Waals surface area contributed by atoms with Gasteiger partial charge in [0.25, 0.3) is 0 Å². The third-order valence-electron chi connectivity index (χ3n) is 3.56. The Kier molecular flexibility index (Phi) is 5.34. The lowest BCUT2D eigenvalue weighted by Gasteiger charge is -2.13. The summed E-state index contributed by atoms with van der Waals surface area (Å²) in [6, 6.07) is 14.2. The van der Waals surface area contributed by atoms with E-state index in [-0.39, 0.29) is 18.4 Å². The molecule has 3 nitrogen and oxygen atoms in total. The van der Waals surface area contributed by atoms with Gasteiger partial charge in [0.05, 0.1) is 13.0 Å². The molecule has 0 aromatic heterocycles. The van der Waals surface area contributed by atoms with Crippen LogP contribution in [0.2, 0.25) is 0 Å². The molecule has 2 rings (SSSR count). The molecule has 3 heteroatoms. The van der Waals surface area contributed by atoms with Crippen molar-refractivity contribution in [3.05, 3.63) is 59.2 Å². The van der Waals surface area contributed by atoms with Crippen LogP contribution in [0.15, 0.2) is 42.5 Å². The van der Waals surface area contributed by atoms with Crippen LogP contribution in [-0.2, 0) is 9.53 Å². The zero-order valence-electron chi connectivity index (χ0n) is 13.4. The van der Waals surface area contributed by atoms with Crippen molar-refractivity contribution in [3.8, 4) is 11.1 Å². The highest BCUT2D eigenvalue weighted by molar-refractivity contribution is 5.71. The molecule has 0 spiro atoms. The molecule has 0 aliphatic carbocycles. The predicted molar refractivity (Wildman–Crippen MR) is 89.5 cm³/mol. The van der Waals surface area contributed by atoms with E-state index in [4.69, 9.17) is 10.5 Å². The number of aryl methyl sites for hydroxylation is 2. The van der Waals surface area contributed by atoms with Crippen LogP contribution < -0.4 is 5.73 Å². The van der Waals surface area contributed by atoms with Crippen molar-refractivity contribution < 1.29 is 9.53 Å². The third kappa shape index (κ3) is 4.18. The van der Waals surface area contributed by atoms with E-state index in [1.54, 1.807) is 6.92 Å². The lowest BCUT2D eigenvalue weighted by atomic mass is 9.96. The highest BCUT2D eigenvalue weighted by atomic mass is 16.5. The fourth-order valence-corrected chi connectivity index (χ4v) is 2.61. The Hall–Kier alpha value is -2.13. The Morgan fingerprint density at radius 1 is 1.09 bits per heavy atom. The van der Waals surface area contributed by atoms with Gasteiger partial charge in [-0.25, -0.2) is 0 Å². The van der Waals surface area contributed by atoms with E-state index in [0.29, 0.717) is 6.61 Å². The summed E-state index contributed by atoms with van der Waals surface area (Å²) in [5.41, 5.74) is 11.8. The predicted octanol–water partition coefficient (Wildman–Crippen LogP) is 3.92. The summed E-state index contributed by atoms with van der Waals surface area (Å²) in [4.78, 5) is 11.6. The first-order chi connectivity index (χ1) is 10.5. The van der Waals surface area contributed by atoms with Crippen molar-refractivity contribution in [2.24, 2.45) is 5.73 Å². The minimum atomic E-state index is -0.343. The minimum absolute atomic E-state index is 0.199. The third-order valence-corrected chi connectivity index (χ3v) is 3.56. The Labute approximate surface area is 132 Å². The lowest BCUT2D eigenvalue weighted by molar-refractivity contribution is -0.143. The van der Waals surface area contributed by atoms with Crippen LogP contribution in [-0.4, -0.2) is 12.6 Å². The van der Waals surface area contributed by atoms with Gasteiger partial charge >= 0.3 is 5.97 Å². The first-order valence-electron chi connectivity index (χ1n) is 7.59. The highest BCUT2D eigenvalue weighted by Crippen LogP contribution is 2.25. The molecular weight excluding hydrogens is 274 g/mol. The van der Waals surface area contributed by atoms with Crippen LogP contribution in [0, 0.1) is 13.8 Å². The van der Waals surface area contributed by atoms with Gasteiger partial charge in [0.2, 0.25) is 0 Å². The van der Waals surface area contributed by atoms with Gasteiger partial charge < -0.3 is 10.5 Å². The van der Waals surface area contributed by atoms with E-state index < -0.39 is 0 Å². The number of ether oxygens (including phenoxy) is 1. The van der Waals surface area contributed by atoms with E-state index in [2.05, 4.69) is 44.2 Å². The fourth-order valence-electron chi connectivity index (χ4n) is 2.61. The van der Waals surface area contributed by atoms with Crippen molar-refractivity contribution in [3.63, 3.8) is 0 Å². The number of rotatable bonds is 5. The molecule has 0 aliphatic heterocycles. The largest absolute Gasteiger partial charge is 0.466 e. The fraction of sp³-hybridized carbons (Fsp3) is 0.316. The molecule has 1 atom stereocenters. The number of esters is 1. The van der Waals surface area contributed by atoms with Gasteiger partial charge in [-0.1, -0.05) is 47.5 Å². The quantitative estimate of drug-likeness (QED) is 0.851. The maximum Gasteiger partial charge on any atom is 0.307 e. The second-order valence-electron chi connectivity index (χ2n) is 5.62. The van der Waals surface area contributed by atoms with Gasteiger partial charge in [-0.2, -0.15) is 0 Å². The Bertz CT molecular complexity index is 644. The second kappa shape index (κ2) is 7.23. The summed E-state index contributed by atoms with van der Waals surface area (Å²) in [6.07, 6.45) is 0.199. The Morgan fingerprint density at radius 3 is 2.41 bits per heavy atom. The molecule has 0 saturated heterocycles. The molecule has 0 saturated carbocycles. The van der Waals surface area contributed by atoms with Gasteiger partial charge in [-0.15, -0.1) is 0 Å². The topological polar surface area (TPSA) is 52.3 Å². The minimum Gasteiger partial charge on any atom is -0.466 e. The summed E-state index contributed by atoms with van der Waals surface area (Å²) in [7, 11) is 0. The summed E-state index contributed by atoms with van der Waals surface area (Å²) in [5.74, 6) is -0.258. The molecule has 0 unspecified atom stereocenters. The maximum absolute atomic E-state index is 11.6. The molecule has 0 bridgehead atoms. The van der Waals surface area contributed by atoms with E-state index in [1.807, 2.05) is 12.1 Å².